The van der Waals surface area contributed by atoms with Crippen LogP contribution in [0.25, 0.3) is 16.5 Å². The van der Waals surface area contributed by atoms with E-state index in [-0.39, 0.29) is 0 Å². The van der Waals surface area contributed by atoms with Gasteiger partial charge in [0.1, 0.15) is 0 Å². The summed E-state index contributed by atoms with van der Waals surface area (Å²) in [5.74, 6) is 2.39. The van der Waals surface area contributed by atoms with Crippen molar-refractivity contribution in [3.05, 3.63) is 42.1 Å². The number of nitrogens with one attached hydrogen (secondary N) is 1. The third-order valence-corrected chi connectivity index (χ3v) is 4.76. The maximum absolute atomic E-state index is 3.39. The fraction of sp³-hybridized carbons (Fsp3) is 0.412. The summed E-state index contributed by atoms with van der Waals surface area (Å²) in [6.07, 6.45) is 5.84. The Balaban J connectivity index is 1.97. The van der Waals surface area contributed by atoms with E-state index in [1.54, 1.807) is 0 Å². The van der Waals surface area contributed by atoms with Gasteiger partial charge in [-0.1, -0.05) is 31.2 Å². The molecule has 0 unspecified atom stereocenters. The van der Waals surface area contributed by atoms with Crippen LogP contribution in [0.4, 0.5) is 0 Å². The van der Waals surface area contributed by atoms with Gasteiger partial charge in [0.05, 0.1) is 0 Å². The number of hydrogen-bond donors (Lipinski definition) is 1. The fourth-order valence-corrected chi connectivity index (χ4v) is 3.48. The Kier molecular flexibility index (Phi) is 4.48. The highest BCUT2D eigenvalue weighted by molar-refractivity contribution is 7.99. The second kappa shape index (κ2) is 6.51. The molecular formula is C17H22N2S. The van der Waals surface area contributed by atoms with Gasteiger partial charge >= 0.3 is 0 Å². The third kappa shape index (κ3) is 2.79. The summed E-state index contributed by atoms with van der Waals surface area (Å²) >= 11 is 2.01. The van der Waals surface area contributed by atoms with Crippen molar-refractivity contribution in [2.24, 2.45) is 0 Å². The van der Waals surface area contributed by atoms with E-state index >= 15 is 0 Å². The summed E-state index contributed by atoms with van der Waals surface area (Å²) < 4.78 is 2.43. The number of hydrogen-bond acceptors (Lipinski definition) is 2. The van der Waals surface area contributed by atoms with Gasteiger partial charge in [-0.25, -0.2) is 0 Å². The number of benzene rings is 1. The molecule has 0 spiro atoms. The predicted octanol–water partition coefficient (Wildman–Crippen LogP) is 3.77. The zero-order valence-electron chi connectivity index (χ0n) is 12.1. The lowest BCUT2D eigenvalue weighted by Gasteiger charge is -2.13. The summed E-state index contributed by atoms with van der Waals surface area (Å²) in [5.41, 5.74) is 4.31. The molecule has 0 atom stereocenters. The Labute approximate surface area is 125 Å². The Bertz CT molecular complexity index is 612. The van der Waals surface area contributed by atoms with Crippen LogP contribution < -0.4 is 5.32 Å². The van der Waals surface area contributed by atoms with E-state index in [4.69, 9.17) is 0 Å². The van der Waals surface area contributed by atoms with Crippen LogP contribution in [0.5, 0.6) is 0 Å². The molecule has 0 amide bonds. The number of para-hydroxylation sites is 1. The molecule has 0 radical (unpaired) electrons. The van der Waals surface area contributed by atoms with Crippen LogP contribution in [0.2, 0.25) is 0 Å². The lowest BCUT2D eigenvalue weighted by atomic mass is 10.00. The number of aromatic nitrogens is 1. The van der Waals surface area contributed by atoms with Crippen molar-refractivity contribution in [3.8, 4) is 0 Å². The van der Waals surface area contributed by atoms with Crippen molar-refractivity contribution < 1.29 is 0 Å². The first-order chi connectivity index (χ1) is 9.90. The molecule has 0 saturated carbocycles. The zero-order valence-corrected chi connectivity index (χ0v) is 12.9. The Morgan fingerprint density at radius 3 is 3.00 bits per heavy atom. The van der Waals surface area contributed by atoms with Crippen molar-refractivity contribution in [2.45, 2.75) is 19.9 Å². The quantitative estimate of drug-likeness (QED) is 0.843. The van der Waals surface area contributed by atoms with Crippen molar-refractivity contribution in [3.63, 3.8) is 0 Å². The fourth-order valence-electron chi connectivity index (χ4n) is 2.86. The lowest BCUT2D eigenvalue weighted by Crippen LogP contribution is -2.19. The highest BCUT2D eigenvalue weighted by Gasteiger charge is 2.13. The molecule has 3 rings (SSSR count). The molecule has 1 aliphatic rings. The van der Waals surface area contributed by atoms with Gasteiger partial charge in [0, 0.05) is 41.5 Å². The van der Waals surface area contributed by atoms with Crippen LogP contribution in [0.1, 0.15) is 18.9 Å². The van der Waals surface area contributed by atoms with Crippen molar-refractivity contribution >= 4 is 28.2 Å². The number of fused-ring (bicyclic) bond motifs is 1. The lowest BCUT2D eigenvalue weighted by molar-refractivity contribution is 0.738. The van der Waals surface area contributed by atoms with E-state index in [0.717, 1.165) is 26.1 Å². The molecule has 106 valence electrons. The van der Waals surface area contributed by atoms with Gasteiger partial charge in [-0.3, -0.25) is 0 Å². The molecule has 0 bridgehead atoms. The van der Waals surface area contributed by atoms with Gasteiger partial charge in [0.25, 0.3) is 0 Å². The highest BCUT2D eigenvalue weighted by Crippen LogP contribution is 2.30. The van der Waals surface area contributed by atoms with E-state index in [1.165, 1.54) is 33.5 Å². The molecule has 0 fully saturated rings. The van der Waals surface area contributed by atoms with E-state index in [0.29, 0.717) is 0 Å². The van der Waals surface area contributed by atoms with Crippen LogP contribution in [0, 0.1) is 0 Å². The normalized spacial score (nSPS) is 15.6. The van der Waals surface area contributed by atoms with Crippen LogP contribution in [0.15, 0.2) is 36.5 Å². The minimum Gasteiger partial charge on any atom is -0.346 e. The summed E-state index contributed by atoms with van der Waals surface area (Å²) in [4.78, 5) is 0. The zero-order chi connectivity index (χ0) is 13.8. The molecule has 2 heterocycles. The predicted molar refractivity (Wildman–Crippen MR) is 90.4 cm³/mol. The first-order valence-electron chi connectivity index (χ1n) is 7.46. The monoisotopic (exact) mass is 286 g/mol. The molecule has 0 aliphatic carbocycles. The van der Waals surface area contributed by atoms with Crippen molar-refractivity contribution in [1.82, 2.24) is 9.88 Å². The van der Waals surface area contributed by atoms with E-state index in [9.17, 15) is 0 Å². The molecule has 1 aliphatic heterocycles. The first-order valence-corrected chi connectivity index (χ1v) is 8.61. The van der Waals surface area contributed by atoms with Crippen molar-refractivity contribution in [1.29, 1.82) is 0 Å². The van der Waals surface area contributed by atoms with E-state index in [1.807, 2.05) is 11.8 Å². The Morgan fingerprint density at radius 2 is 2.20 bits per heavy atom. The Morgan fingerprint density at radius 1 is 1.30 bits per heavy atom. The minimum atomic E-state index is 1.00. The summed E-state index contributed by atoms with van der Waals surface area (Å²) in [7, 11) is 0. The Hall–Kier alpha value is -1.19. The maximum Gasteiger partial charge on any atom is 0.0486 e. The first kappa shape index (κ1) is 13.8. The minimum absolute atomic E-state index is 1.00. The van der Waals surface area contributed by atoms with Gasteiger partial charge in [-0.05, 0) is 30.4 Å². The molecule has 0 saturated heterocycles. The molecule has 2 nitrogen and oxygen atoms in total. The number of aryl methyl sites for hydroxylation is 1. The number of nitrogens with zero attached hydrogens (tertiary/aromatic N) is 1. The van der Waals surface area contributed by atoms with Crippen LogP contribution in [0.3, 0.4) is 0 Å². The molecular weight excluding hydrogens is 264 g/mol. The van der Waals surface area contributed by atoms with Gasteiger partial charge in [0.2, 0.25) is 0 Å². The van der Waals surface area contributed by atoms with E-state index < -0.39 is 0 Å². The standard InChI is InChI=1S/C17H22N2S/c1-2-20-12-11-19-13-16(14-7-9-18-10-8-14)15-5-3-4-6-17(15)19/h3-7,13,18H,2,8-12H2,1H3. The number of thioether (sulfide) groups is 1. The van der Waals surface area contributed by atoms with Gasteiger partial charge < -0.3 is 9.88 Å². The molecule has 1 N–H and O–H groups in total. The topological polar surface area (TPSA) is 17.0 Å². The molecule has 3 heteroatoms. The average molecular weight is 286 g/mol. The van der Waals surface area contributed by atoms with Crippen molar-refractivity contribution in [2.75, 3.05) is 24.6 Å². The van der Waals surface area contributed by atoms with Crippen LogP contribution >= 0.6 is 11.8 Å². The third-order valence-electron chi connectivity index (χ3n) is 3.88. The van der Waals surface area contributed by atoms with E-state index in [2.05, 4.69) is 53.3 Å². The van der Waals surface area contributed by atoms with Crippen LogP contribution in [-0.4, -0.2) is 29.2 Å². The molecule has 1 aromatic heterocycles. The smallest absolute Gasteiger partial charge is 0.0486 e. The largest absolute Gasteiger partial charge is 0.346 e. The van der Waals surface area contributed by atoms with Gasteiger partial charge in [0.15, 0.2) is 0 Å². The molecule has 20 heavy (non-hydrogen) atoms. The number of rotatable bonds is 5. The summed E-state index contributed by atoms with van der Waals surface area (Å²) in [6, 6.07) is 8.80. The second-order valence-electron chi connectivity index (χ2n) is 5.13. The SMILES string of the molecule is CCSCCn1cc(C2=CCNCC2)c2ccccc21. The summed E-state index contributed by atoms with van der Waals surface area (Å²) in [6.45, 7) is 5.42. The maximum atomic E-state index is 3.39. The highest BCUT2D eigenvalue weighted by atomic mass is 32.2. The summed E-state index contributed by atoms with van der Waals surface area (Å²) in [5, 5.41) is 4.80. The second-order valence-corrected chi connectivity index (χ2v) is 6.53. The molecule has 2 aromatic rings. The van der Waals surface area contributed by atoms with Gasteiger partial charge in [-0.2, -0.15) is 11.8 Å². The van der Waals surface area contributed by atoms with Crippen LogP contribution in [-0.2, 0) is 6.54 Å². The molecule has 1 aromatic carbocycles. The average Bonchev–Trinajstić information content (AvgIpc) is 2.88. The van der Waals surface area contributed by atoms with Gasteiger partial charge in [-0.15, -0.1) is 0 Å².